The van der Waals surface area contributed by atoms with Gasteiger partial charge in [-0.15, -0.1) is 11.3 Å². The number of piperazine rings is 1. The summed E-state index contributed by atoms with van der Waals surface area (Å²) in [5.74, 6) is 1.08. The van der Waals surface area contributed by atoms with Gasteiger partial charge in [0.25, 0.3) is 0 Å². The highest BCUT2D eigenvalue weighted by Crippen LogP contribution is 2.30. The molecule has 23 heavy (non-hydrogen) atoms. The van der Waals surface area contributed by atoms with Gasteiger partial charge < -0.3 is 4.90 Å². The van der Waals surface area contributed by atoms with Crippen LogP contribution in [-0.4, -0.2) is 46.0 Å². The number of fused-ring (bicyclic) bond motifs is 1. The molecule has 1 saturated heterocycles. The Labute approximate surface area is 139 Å². The van der Waals surface area contributed by atoms with Crippen LogP contribution in [0.15, 0.2) is 36.9 Å². The quantitative estimate of drug-likeness (QED) is 0.741. The third kappa shape index (κ3) is 3.04. The van der Waals surface area contributed by atoms with Crippen molar-refractivity contribution in [2.45, 2.75) is 13.5 Å². The van der Waals surface area contributed by atoms with E-state index >= 15 is 0 Å². The predicted octanol–water partition coefficient (Wildman–Crippen LogP) is 2.72. The maximum absolute atomic E-state index is 4.55. The summed E-state index contributed by atoms with van der Waals surface area (Å²) in [6.07, 6.45) is 5.47. The Kier molecular flexibility index (Phi) is 3.93. The molecule has 118 valence electrons. The topological polar surface area (TPSA) is 45.2 Å². The molecule has 3 aromatic heterocycles. The van der Waals surface area contributed by atoms with E-state index in [1.165, 1.54) is 15.8 Å². The number of aryl methyl sites for hydroxylation is 1. The van der Waals surface area contributed by atoms with Gasteiger partial charge in [0.15, 0.2) is 0 Å². The smallest absolute Gasteiger partial charge is 0.140 e. The first-order valence-electron chi connectivity index (χ1n) is 7.87. The van der Waals surface area contributed by atoms with E-state index in [4.69, 9.17) is 0 Å². The summed E-state index contributed by atoms with van der Waals surface area (Å²) in [6.45, 7) is 7.19. The van der Waals surface area contributed by atoms with Gasteiger partial charge in [0.05, 0.1) is 5.39 Å². The number of anilines is 1. The Morgan fingerprint density at radius 1 is 1.17 bits per heavy atom. The van der Waals surface area contributed by atoms with Crippen LogP contribution in [0, 0.1) is 6.92 Å². The van der Waals surface area contributed by atoms with Crippen molar-refractivity contribution in [1.82, 2.24) is 19.9 Å². The summed E-state index contributed by atoms with van der Waals surface area (Å²) in [7, 11) is 0. The van der Waals surface area contributed by atoms with Gasteiger partial charge in [-0.3, -0.25) is 9.88 Å². The zero-order chi connectivity index (χ0) is 15.6. The van der Waals surface area contributed by atoms with Crippen molar-refractivity contribution in [2.24, 2.45) is 0 Å². The molecule has 5 nitrogen and oxygen atoms in total. The van der Waals surface area contributed by atoms with E-state index in [1.54, 1.807) is 17.7 Å². The van der Waals surface area contributed by atoms with E-state index in [1.807, 2.05) is 18.5 Å². The first-order valence-corrected chi connectivity index (χ1v) is 8.68. The average Bonchev–Trinajstić information content (AvgIpc) is 2.97. The molecule has 1 fully saturated rings. The molecule has 0 saturated carbocycles. The normalized spacial score (nSPS) is 16.1. The molecule has 4 rings (SSSR count). The standard InChI is InChI=1S/C17H19N5S/c1-13-9-15-16(19-12-20-17(15)23-13)22-7-5-21(6-8-22)11-14-3-2-4-18-10-14/h2-4,9-10,12H,5-8,11H2,1H3. The van der Waals surface area contributed by atoms with Gasteiger partial charge in [0, 0.05) is 50.0 Å². The van der Waals surface area contributed by atoms with Crippen LogP contribution in [0.3, 0.4) is 0 Å². The first kappa shape index (κ1) is 14.5. The third-order valence-corrected chi connectivity index (χ3v) is 5.19. The average molecular weight is 325 g/mol. The van der Waals surface area contributed by atoms with Crippen molar-refractivity contribution in [1.29, 1.82) is 0 Å². The van der Waals surface area contributed by atoms with Crippen LogP contribution >= 0.6 is 11.3 Å². The molecule has 1 aliphatic heterocycles. The molecular weight excluding hydrogens is 306 g/mol. The number of hydrogen-bond donors (Lipinski definition) is 0. The number of hydrogen-bond acceptors (Lipinski definition) is 6. The lowest BCUT2D eigenvalue weighted by atomic mass is 10.2. The van der Waals surface area contributed by atoms with E-state index < -0.39 is 0 Å². The molecule has 0 aromatic carbocycles. The Balaban J connectivity index is 1.46. The lowest BCUT2D eigenvalue weighted by Gasteiger charge is -2.35. The van der Waals surface area contributed by atoms with Crippen LogP contribution in [-0.2, 0) is 6.54 Å². The summed E-state index contributed by atoms with van der Waals surface area (Å²) >= 11 is 1.74. The summed E-state index contributed by atoms with van der Waals surface area (Å²) in [5, 5.41) is 1.19. The summed E-state index contributed by atoms with van der Waals surface area (Å²) in [5.41, 5.74) is 1.28. The van der Waals surface area contributed by atoms with Crippen molar-refractivity contribution < 1.29 is 0 Å². The molecular formula is C17H19N5S. The SMILES string of the molecule is Cc1cc2c(N3CCN(Cc4cccnc4)CC3)ncnc2s1. The van der Waals surface area contributed by atoms with Gasteiger partial charge in [0.2, 0.25) is 0 Å². The largest absolute Gasteiger partial charge is 0.353 e. The molecule has 3 aromatic rings. The van der Waals surface area contributed by atoms with Crippen LogP contribution in [0.4, 0.5) is 5.82 Å². The van der Waals surface area contributed by atoms with Crippen molar-refractivity contribution in [3.63, 3.8) is 0 Å². The van der Waals surface area contributed by atoms with Gasteiger partial charge in [-0.05, 0) is 24.6 Å². The first-order chi connectivity index (χ1) is 11.3. The Bertz CT molecular complexity index is 793. The second kappa shape index (κ2) is 6.22. The van der Waals surface area contributed by atoms with E-state index in [2.05, 4.69) is 43.8 Å². The van der Waals surface area contributed by atoms with E-state index in [0.29, 0.717) is 0 Å². The molecule has 0 bridgehead atoms. The number of thiophene rings is 1. The fraction of sp³-hybridized carbons (Fsp3) is 0.353. The molecule has 1 aliphatic rings. The summed E-state index contributed by atoms with van der Waals surface area (Å²) < 4.78 is 0. The molecule has 6 heteroatoms. The monoisotopic (exact) mass is 325 g/mol. The number of nitrogens with zero attached hydrogens (tertiary/aromatic N) is 5. The summed E-state index contributed by atoms with van der Waals surface area (Å²) in [4.78, 5) is 20.4. The maximum Gasteiger partial charge on any atom is 0.140 e. The molecule has 0 aliphatic carbocycles. The lowest BCUT2D eigenvalue weighted by Crippen LogP contribution is -2.46. The van der Waals surface area contributed by atoms with Gasteiger partial charge in [-0.25, -0.2) is 9.97 Å². The number of rotatable bonds is 3. The van der Waals surface area contributed by atoms with E-state index in [9.17, 15) is 0 Å². The zero-order valence-corrected chi connectivity index (χ0v) is 14.0. The Morgan fingerprint density at radius 3 is 2.83 bits per heavy atom. The number of aromatic nitrogens is 3. The molecule has 4 heterocycles. The maximum atomic E-state index is 4.55. The highest BCUT2D eigenvalue weighted by molar-refractivity contribution is 7.18. The molecule has 0 N–H and O–H groups in total. The fourth-order valence-electron chi connectivity index (χ4n) is 3.08. The Hall–Kier alpha value is -2.05. The minimum Gasteiger partial charge on any atom is -0.353 e. The highest BCUT2D eigenvalue weighted by atomic mass is 32.1. The van der Waals surface area contributed by atoms with E-state index in [-0.39, 0.29) is 0 Å². The van der Waals surface area contributed by atoms with Gasteiger partial charge in [-0.1, -0.05) is 6.07 Å². The second-order valence-corrected chi connectivity index (χ2v) is 7.13. The Morgan fingerprint density at radius 2 is 2.04 bits per heavy atom. The minimum atomic E-state index is 0.971. The van der Waals surface area contributed by atoms with Crippen LogP contribution in [0.5, 0.6) is 0 Å². The zero-order valence-electron chi connectivity index (χ0n) is 13.1. The van der Waals surface area contributed by atoms with Crippen molar-refractivity contribution in [3.8, 4) is 0 Å². The van der Waals surface area contributed by atoms with E-state index in [0.717, 1.165) is 43.4 Å². The van der Waals surface area contributed by atoms with Crippen molar-refractivity contribution in [3.05, 3.63) is 47.4 Å². The highest BCUT2D eigenvalue weighted by Gasteiger charge is 2.20. The second-order valence-electron chi connectivity index (χ2n) is 5.90. The van der Waals surface area contributed by atoms with Crippen LogP contribution < -0.4 is 4.90 Å². The van der Waals surface area contributed by atoms with Gasteiger partial charge >= 0.3 is 0 Å². The molecule has 0 unspecified atom stereocenters. The molecule has 0 amide bonds. The molecule has 0 radical (unpaired) electrons. The van der Waals surface area contributed by atoms with Crippen molar-refractivity contribution in [2.75, 3.05) is 31.1 Å². The minimum absolute atomic E-state index is 0.971. The van der Waals surface area contributed by atoms with Gasteiger partial charge in [-0.2, -0.15) is 0 Å². The van der Waals surface area contributed by atoms with Crippen molar-refractivity contribution >= 4 is 27.4 Å². The van der Waals surface area contributed by atoms with Crippen LogP contribution in [0.1, 0.15) is 10.4 Å². The third-order valence-electron chi connectivity index (χ3n) is 4.23. The number of pyridine rings is 1. The van der Waals surface area contributed by atoms with Crippen LogP contribution in [0.2, 0.25) is 0 Å². The fourth-order valence-corrected chi connectivity index (χ4v) is 3.92. The summed E-state index contributed by atoms with van der Waals surface area (Å²) in [6, 6.07) is 6.35. The molecule has 0 spiro atoms. The molecule has 0 atom stereocenters. The lowest BCUT2D eigenvalue weighted by molar-refractivity contribution is 0.249. The van der Waals surface area contributed by atoms with Crippen LogP contribution in [0.25, 0.3) is 10.2 Å². The predicted molar refractivity (Wildman–Crippen MR) is 93.9 cm³/mol. The van der Waals surface area contributed by atoms with Gasteiger partial charge in [0.1, 0.15) is 17.0 Å².